The highest BCUT2D eigenvalue weighted by Crippen LogP contribution is 2.27. The number of ether oxygens (including phenoxy) is 2. The molecule has 3 nitrogen and oxygen atoms in total. The second-order valence-electron chi connectivity index (χ2n) is 7.30. The third kappa shape index (κ3) is 6.02. The lowest BCUT2D eigenvalue weighted by atomic mass is 10.0. The maximum atomic E-state index is 12.8. The molecule has 0 aliphatic heterocycles. The monoisotopic (exact) mass is 440 g/mol. The Morgan fingerprint density at radius 3 is 1.66 bits per heavy atom. The molecule has 0 aromatic heterocycles. The number of hydrogen-bond donors (Lipinski definition) is 0. The first kappa shape index (κ1) is 21.7. The van der Waals surface area contributed by atoms with Crippen molar-refractivity contribution < 1.29 is 14.3 Å². The Morgan fingerprint density at radius 2 is 1.09 bits per heavy atom. The number of hydrogen-bond acceptors (Lipinski definition) is 4. The molecule has 0 unspecified atom stereocenters. The average Bonchev–Trinajstić information content (AvgIpc) is 2.84. The van der Waals surface area contributed by atoms with Gasteiger partial charge in [0.2, 0.25) is 0 Å². The van der Waals surface area contributed by atoms with E-state index < -0.39 is 0 Å². The van der Waals surface area contributed by atoms with Gasteiger partial charge in [0.15, 0.2) is 5.78 Å². The Morgan fingerprint density at radius 1 is 0.625 bits per heavy atom. The van der Waals surface area contributed by atoms with Gasteiger partial charge < -0.3 is 9.47 Å². The zero-order chi connectivity index (χ0) is 22.2. The molecule has 32 heavy (non-hydrogen) atoms. The number of rotatable bonds is 9. The quantitative estimate of drug-likeness (QED) is 0.211. The highest BCUT2D eigenvalue weighted by atomic mass is 32.2. The standard InChI is InChI=1S/C28H24O3S/c1-21-7-13-24(14-8-21)30-19-20-31-25-15-9-22(10-16-25)28(29)23-11-17-27(18-12-23)32-26-5-3-2-4-6-26/h2-18H,19-20H2,1H3. The molecule has 0 heterocycles. The molecule has 0 saturated carbocycles. The number of benzene rings is 4. The number of carbonyl (C=O) groups excluding carboxylic acids is 1. The average molecular weight is 441 g/mol. The van der Waals surface area contributed by atoms with Crippen LogP contribution in [0.4, 0.5) is 0 Å². The Bertz CT molecular complexity index is 1140. The van der Waals surface area contributed by atoms with E-state index in [1.165, 1.54) is 10.5 Å². The molecule has 4 aromatic carbocycles. The molecule has 0 radical (unpaired) electrons. The van der Waals surface area contributed by atoms with Gasteiger partial charge in [0.1, 0.15) is 24.7 Å². The molecule has 4 aromatic rings. The topological polar surface area (TPSA) is 35.5 Å². The lowest BCUT2D eigenvalue weighted by Gasteiger charge is -2.09. The van der Waals surface area contributed by atoms with Gasteiger partial charge in [-0.15, -0.1) is 0 Å². The molecule has 0 aliphatic carbocycles. The summed E-state index contributed by atoms with van der Waals surface area (Å²) in [5, 5.41) is 0. The van der Waals surface area contributed by atoms with Gasteiger partial charge >= 0.3 is 0 Å². The second-order valence-corrected chi connectivity index (χ2v) is 8.45. The largest absolute Gasteiger partial charge is 0.490 e. The first-order valence-electron chi connectivity index (χ1n) is 10.5. The fourth-order valence-corrected chi connectivity index (χ4v) is 3.96. The molecule has 0 N–H and O–H groups in total. The zero-order valence-corrected chi connectivity index (χ0v) is 18.7. The van der Waals surface area contributed by atoms with Gasteiger partial charge in [-0.2, -0.15) is 0 Å². The van der Waals surface area contributed by atoms with Crippen molar-refractivity contribution >= 4 is 17.5 Å². The zero-order valence-electron chi connectivity index (χ0n) is 17.9. The Balaban J connectivity index is 1.28. The van der Waals surface area contributed by atoms with Crippen LogP contribution in [-0.2, 0) is 0 Å². The fraction of sp³-hybridized carbons (Fsp3) is 0.107. The summed E-state index contributed by atoms with van der Waals surface area (Å²) in [5.74, 6) is 1.53. The van der Waals surface area contributed by atoms with Crippen LogP contribution < -0.4 is 9.47 Å². The van der Waals surface area contributed by atoms with Gasteiger partial charge in [-0.3, -0.25) is 4.79 Å². The summed E-state index contributed by atoms with van der Waals surface area (Å²) in [7, 11) is 0. The molecule has 160 valence electrons. The van der Waals surface area contributed by atoms with E-state index in [4.69, 9.17) is 9.47 Å². The molecular formula is C28H24O3S. The van der Waals surface area contributed by atoms with Gasteiger partial charge in [0, 0.05) is 20.9 Å². The second kappa shape index (κ2) is 10.7. The summed E-state index contributed by atoms with van der Waals surface area (Å²) in [6, 6.07) is 33.1. The normalized spacial score (nSPS) is 10.5. The minimum Gasteiger partial charge on any atom is -0.490 e. The van der Waals surface area contributed by atoms with E-state index >= 15 is 0 Å². The third-order valence-electron chi connectivity index (χ3n) is 4.85. The van der Waals surface area contributed by atoms with E-state index in [0.29, 0.717) is 30.1 Å². The molecular weight excluding hydrogens is 416 g/mol. The summed E-state index contributed by atoms with van der Waals surface area (Å²) >= 11 is 1.68. The van der Waals surface area contributed by atoms with Crippen molar-refractivity contribution in [1.82, 2.24) is 0 Å². The lowest BCUT2D eigenvalue weighted by Crippen LogP contribution is -2.09. The number of carbonyl (C=O) groups is 1. The van der Waals surface area contributed by atoms with E-state index in [1.807, 2.05) is 85.8 Å². The van der Waals surface area contributed by atoms with Crippen LogP contribution in [0.25, 0.3) is 0 Å². The lowest BCUT2D eigenvalue weighted by molar-refractivity contribution is 0.103. The van der Waals surface area contributed by atoms with E-state index in [-0.39, 0.29) is 5.78 Å². The van der Waals surface area contributed by atoms with Crippen molar-refractivity contribution in [2.24, 2.45) is 0 Å². The van der Waals surface area contributed by atoms with Crippen molar-refractivity contribution in [1.29, 1.82) is 0 Å². The van der Waals surface area contributed by atoms with Crippen molar-refractivity contribution in [2.45, 2.75) is 16.7 Å². The van der Waals surface area contributed by atoms with E-state index in [9.17, 15) is 4.79 Å². The van der Waals surface area contributed by atoms with Crippen LogP contribution in [0.5, 0.6) is 11.5 Å². The summed E-state index contributed by atoms with van der Waals surface area (Å²) in [4.78, 5) is 15.1. The predicted molar refractivity (Wildman–Crippen MR) is 129 cm³/mol. The first-order chi connectivity index (χ1) is 15.7. The van der Waals surface area contributed by atoms with Gasteiger partial charge in [-0.05, 0) is 79.7 Å². The molecule has 0 fully saturated rings. The van der Waals surface area contributed by atoms with Gasteiger partial charge in [0.25, 0.3) is 0 Å². The van der Waals surface area contributed by atoms with Crippen LogP contribution in [0, 0.1) is 6.92 Å². The van der Waals surface area contributed by atoms with Gasteiger partial charge in [-0.25, -0.2) is 0 Å². The van der Waals surface area contributed by atoms with Crippen LogP contribution >= 0.6 is 11.8 Å². The summed E-state index contributed by atoms with van der Waals surface area (Å²) in [6.07, 6.45) is 0. The molecule has 0 aliphatic rings. The summed E-state index contributed by atoms with van der Waals surface area (Å²) < 4.78 is 11.4. The first-order valence-corrected chi connectivity index (χ1v) is 11.3. The van der Waals surface area contributed by atoms with E-state index in [0.717, 1.165) is 10.6 Å². The maximum absolute atomic E-state index is 12.8. The van der Waals surface area contributed by atoms with Crippen LogP contribution in [0.3, 0.4) is 0 Å². The summed E-state index contributed by atoms with van der Waals surface area (Å²) in [6.45, 7) is 2.93. The smallest absolute Gasteiger partial charge is 0.193 e. The molecule has 0 amide bonds. The van der Waals surface area contributed by atoms with Crippen LogP contribution in [-0.4, -0.2) is 19.0 Å². The molecule has 4 heteroatoms. The van der Waals surface area contributed by atoms with Gasteiger partial charge in [-0.1, -0.05) is 47.7 Å². The molecule has 0 atom stereocenters. The molecule has 0 spiro atoms. The van der Waals surface area contributed by atoms with Gasteiger partial charge in [0.05, 0.1) is 0 Å². The molecule has 0 bridgehead atoms. The summed E-state index contributed by atoms with van der Waals surface area (Å²) in [5.41, 5.74) is 2.50. The van der Waals surface area contributed by atoms with Crippen molar-refractivity contribution in [3.63, 3.8) is 0 Å². The van der Waals surface area contributed by atoms with E-state index in [2.05, 4.69) is 12.1 Å². The minimum atomic E-state index is -0.00415. The van der Waals surface area contributed by atoms with Crippen LogP contribution in [0.2, 0.25) is 0 Å². The SMILES string of the molecule is Cc1ccc(OCCOc2ccc(C(=O)c3ccc(Sc4ccccc4)cc3)cc2)cc1. The van der Waals surface area contributed by atoms with Crippen LogP contribution in [0.1, 0.15) is 21.5 Å². The maximum Gasteiger partial charge on any atom is 0.193 e. The third-order valence-corrected chi connectivity index (χ3v) is 5.87. The fourth-order valence-electron chi connectivity index (χ4n) is 3.12. The number of aryl methyl sites for hydroxylation is 1. The Kier molecular flexibility index (Phi) is 7.26. The highest BCUT2D eigenvalue weighted by Gasteiger charge is 2.09. The minimum absolute atomic E-state index is 0.00415. The Labute approximate surface area is 193 Å². The van der Waals surface area contributed by atoms with Crippen molar-refractivity contribution in [3.8, 4) is 11.5 Å². The molecule has 4 rings (SSSR count). The van der Waals surface area contributed by atoms with Crippen molar-refractivity contribution in [3.05, 3.63) is 120 Å². The highest BCUT2D eigenvalue weighted by molar-refractivity contribution is 7.99. The van der Waals surface area contributed by atoms with Crippen molar-refractivity contribution in [2.75, 3.05) is 13.2 Å². The van der Waals surface area contributed by atoms with E-state index in [1.54, 1.807) is 23.9 Å². The van der Waals surface area contributed by atoms with Crippen LogP contribution in [0.15, 0.2) is 113 Å². The number of ketones is 1. The Hall–Kier alpha value is -3.50. The molecule has 0 saturated heterocycles. The predicted octanol–water partition coefficient (Wildman–Crippen LogP) is 6.84.